The maximum absolute atomic E-state index is 12.8. The highest BCUT2D eigenvalue weighted by atomic mass is 32.2. The lowest BCUT2D eigenvalue weighted by atomic mass is 10.2. The first kappa shape index (κ1) is 16.0. The monoisotopic (exact) mass is 283 g/mol. The molecule has 0 fully saturated rings. The molecule has 1 aromatic carbocycles. The first-order valence-electron chi connectivity index (χ1n) is 6.58. The van der Waals surface area contributed by atoms with E-state index in [4.69, 9.17) is 0 Å². The number of nitrogens with zero attached hydrogens (tertiary/aromatic N) is 1. The summed E-state index contributed by atoms with van der Waals surface area (Å²) in [5.41, 5.74) is 0. The van der Waals surface area contributed by atoms with Gasteiger partial charge in [0.1, 0.15) is 5.82 Å². The summed E-state index contributed by atoms with van der Waals surface area (Å²) in [4.78, 5) is 15.0. The minimum Gasteiger partial charge on any atom is -0.339 e. The van der Waals surface area contributed by atoms with Crippen LogP contribution in [0.15, 0.2) is 29.2 Å². The average molecular weight is 283 g/mol. The summed E-state index contributed by atoms with van der Waals surface area (Å²) >= 11 is 1.45. The van der Waals surface area contributed by atoms with Crippen molar-refractivity contribution in [3.63, 3.8) is 0 Å². The first-order chi connectivity index (χ1) is 8.90. The highest BCUT2D eigenvalue weighted by Crippen LogP contribution is 2.19. The van der Waals surface area contributed by atoms with Crippen molar-refractivity contribution in [2.24, 2.45) is 5.92 Å². The molecule has 0 N–H and O–H groups in total. The third-order valence-corrected chi connectivity index (χ3v) is 3.68. The van der Waals surface area contributed by atoms with E-state index in [1.807, 2.05) is 18.7 Å². The molecule has 0 spiro atoms. The minimum absolute atomic E-state index is 0.137. The van der Waals surface area contributed by atoms with E-state index in [1.165, 1.54) is 23.9 Å². The van der Waals surface area contributed by atoms with Crippen molar-refractivity contribution in [1.29, 1.82) is 0 Å². The van der Waals surface area contributed by atoms with E-state index >= 15 is 0 Å². The largest absolute Gasteiger partial charge is 0.339 e. The molecular formula is C15H22FNOS. The van der Waals surface area contributed by atoms with Crippen LogP contribution in [0.25, 0.3) is 0 Å². The molecular weight excluding hydrogens is 261 g/mol. The van der Waals surface area contributed by atoms with Crippen molar-refractivity contribution in [3.8, 4) is 0 Å². The summed E-state index contributed by atoms with van der Waals surface area (Å²) < 4.78 is 12.8. The quantitative estimate of drug-likeness (QED) is 0.740. The molecule has 19 heavy (non-hydrogen) atoms. The fraction of sp³-hybridized carbons (Fsp3) is 0.533. The molecule has 4 heteroatoms. The topological polar surface area (TPSA) is 20.3 Å². The van der Waals surface area contributed by atoms with Gasteiger partial charge in [0, 0.05) is 17.5 Å². The smallest absolute Gasteiger partial charge is 0.233 e. The van der Waals surface area contributed by atoms with E-state index in [0.717, 1.165) is 11.4 Å². The Bertz CT molecular complexity index is 403. The van der Waals surface area contributed by atoms with Crippen LogP contribution in [0.4, 0.5) is 4.39 Å². The molecule has 2 nitrogen and oxygen atoms in total. The molecule has 0 saturated heterocycles. The lowest BCUT2D eigenvalue weighted by molar-refractivity contribution is -0.130. The Balaban J connectivity index is 2.54. The normalized spacial score (nSPS) is 11.1. The van der Waals surface area contributed by atoms with Crippen molar-refractivity contribution in [2.75, 3.05) is 12.3 Å². The van der Waals surface area contributed by atoms with Crippen molar-refractivity contribution in [2.45, 2.75) is 38.6 Å². The van der Waals surface area contributed by atoms with Gasteiger partial charge in [-0.1, -0.05) is 13.8 Å². The molecule has 0 aliphatic heterocycles. The van der Waals surface area contributed by atoms with Gasteiger partial charge in [0.15, 0.2) is 0 Å². The number of thioether (sulfide) groups is 1. The highest BCUT2D eigenvalue weighted by molar-refractivity contribution is 8.00. The van der Waals surface area contributed by atoms with Gasteiger partial charge < -0.3 is 4.90 Å². The number of amides is 1. The van der Waals surface area contributed by atoms with Crippen LogP contribution < -0.4 is 0 Å². The van der Waals surface area contributed by atoms with Crippen LogP contribution in [-0.2, 0) is 4.79 Å². The molecule has 1 aromatic rings. The van der Waals surface area contributed by atoms with Gasteiger partial charge in [-0.15, -0.1) is 11.8 Å². The Hall–Kier alpha value is -1.03. The summed E-state index contributed by atoms with van der Waals surface area (Å²) in [7, 11) is 0. The number of rotatable bonds is 6. The number of halogens is 1. The number of carbonyl (C=O) groups excluding carboxylic acids is 1. The lowest BCUT2D eigenvalue weighted by Crippen LogP contribution is -2.40. The third-order valence-electron chi connectivity index (χ3n) is 2.68. The summed E-state index contributed by atoms with van der Waals surface area (Å²) in [6.07, 6.45) is 0. The fourth-order valence-electron chi connectivity index (χ4n) is 1.75. The zero-order valence-corrected chi connectivity index (χ0v) is 12.8. The van der Waals surface area contributed by atoms with Crippen LogP contribution in [0.3, 0.4) is 0 Å². The predicted molar refractivity (Wildman–Crippen MR) is 78.8 cm³/mol. The third kappa shape index (κ3) is 5.64. The van der Waals surface area contributed by atoms with E-state index in [1.54, 1.807) is 12.1 Å². The van der Waals surface area contributed by atoms with Gasteiger partial charge in [-0.2, -0.15) is 0 Å². The summed E-state index contributed by atoms with van der Waals surface area (Å²) in [6.45, 7) is 9.05. The van der Waals surface area contributed by atoms with Crippen LogP contribution >= 0.6 is 11.8 Å². The molecule has 0 aliphatic carbocycles. The van der Waals surface area contributed by atoms with Crippen molar-refractivity contribution in [1.82, 2.24) is 4.90 Å². The Labute approximate surface area is 119 Å². The summed E-state index contributed by atoms with van der Waals surface area (Å²) in [6, 6.07) is 6.45. The number of carbonyl (C=O) groups is 1. The second-order valence-corrected chi connectivity index (χ2v) is 6.33. The molecule has 0 saturated carbocycles. The number of benzene rings is 1. The maximum Gasteiger partial charge on any atom is 0.233 e. The Morgan fingerprint density at radius 3 is 2.26 bits per heavy atom. The van der Waals surface area contributed by atoms with E-state index in [-0.39, 0.29) is 17.8 Å². The molecule has 0 aromatic heterocycles. The predicted octanol–water partition coefficient (Wildman–Crippen LogP) is 3.81. The van der Waals surface area contributed by atoms with Crippen molar-refractivity contribution < 1.29 is 9.18 Å². The fourth-order valence-corrected chi connectivity index (χ4v) is 2.54. The molecule has 0 radical (unpaired) electrons. The maximum atomic E-state index is 12.8. The second-order valence-electron chi connectivity index (χ2n) is 5.28. The molecule has 1 amide bonds. The Morgan fingerprint density at radius 1 is 1.21 bits per heavy atom. The van der Waals surface area contributed by atoms with E-state index in [9.17, 15) is 9.18 Å². The zero-order valence-electron chi connectivity index (χ0n) is 12.0. The number of hydrogen-bond donors (Lipinski definition) is 0. The molecule has 1 rings (SSSR count). The Kier molecular flexibility index (Phi) is 6.35. The lowest BCUT2D eigenvalue weighted by Gasteiger charge is -2.28. The summed E-state index contributed by atoms with van der Waals surface area (Å²) in [5, 5.41) is 0. The molecule has 0 atom stereocenters. The zero-order chi connectivity index (χ0) is 14.4. The summed E-state index contributed by atoms with van der Waals surface area (Å²) in [5.74, 6) is 0.746. The molecule has 0 bridgehead atoms. The van der Waals surface area contributed by atoms with Gasteiger partial charge >= 0.3 is 0 Å². The molecule has 0 aliphatic rings. The van der Waals surface area contributed by atoms with E-state index in [2.05, 4.69) is 13.8 Å². The SMILES string of the molecule is CC(C)CN(C(=O)CSc1ccc(F)cc1)C(C)C. The van der Waals surface area contributed by atoms with Crippen LogP contribution in [0.1, 0.15) is 27.7 Å². The van der Waals surface area contributed by atoms with Gasteiger partial charge in [0.05, 0.1) is 5.75 Å². The number of hydrogen-bond acceptors (Lipinski definition) is 2. The van der Waals surface area contributed by atoms with Gasteiger partial charge in [0.25, 0.3) is 0 Å². The Morgan fingerprint density at radius 2 is 1.79 bits per heavy atom. The van der Waals surface area contributed by atoms with Gasteiger partial charge in [-0.25, -0.2) is 4.39 Å². The molecule has 106 valence electrons. The van der Waals surface area contributed by atoms with Crippen molar-refractivity contribution >= 4 is 17.7 Å². The van der Waals surface area contributed by atoms with Gasteiger partial charge in [-0.05, 0) is 44.0 Å². The minimum atomic E-state index is -0.251. The van der Waals surface area contributed by atoms with Crippen LogP contribution in [0, 0.1) is 11.7 Å². The average Bonchev–Trinajstić information content (AvgIpc) is 2.34. The van der Waals surface area contributed by atoms with Crippen LogP contribution in [0.5, 0.6) is 0 Å². The van der Waals surface area contributed by atoms with Crippen LogP contribution in [-0.4, -0.2) is 29.1 Å². The van der Waals surface area contributed by atoms with E-state index in [0.29, 0.717) is 11.7 Å². The molecule has 0 heterocycles. The molecule has 0 unspecified atom stereocenters. The van der Waals surface area contributed by atoms with Gasteiger partial charge in [-0.3, -0.25) is 4.79 Å². The van der Waals surface area contributed by atoms with Crippen molar-refractivity contribution in [3.05, 3.63) is 30.1 Å². The van der Waals surface area contributed by atoms with Gasteiger partial charge in [0.2, 0.25) is 5.91 Å². The second kappa shape index (κ2) is 7.53. The highest BCUT2D eigenvalue weighted by Gasteiger charge is 2.17. The first-order valence-corrected chi connectivity index (χ1v) is 7.56. The standard InChI is InChI=1S/C15H22FNOS/c1-11(2)9-17(12(3)4)15(18)10-19-14-7-5-13(16)6-8-14/h5-8,11-12H,9-10H2,1-4H3. The van der Waals surface area contributed by atoms with Crippen LogP contribution in [0.2, 0.25) is 0 Å². The van der Waals surface area contributed by atoms with E-state index < -0.39 is 0 Å².